The van der Waals surface area contributed by atoms with Gasteiger partial charge in [-0.3, -0.25) is 9.59 Å². The second-order valence-corrected chi connectivity index (χ2v) is 17.8. The largest absolute Gasteiger partial charge is 0.463 e. The molecule has 0 radical (unpaired) electrons. The third-order valence-corrected chi connectivity index (χ3v) is 11.7. The van der Waals surface area contributed by atoms with Gasteiger partial charge < -0.3 is 14.2 Å². The van der Waals surface area contributed by atoms with E-state index < -0.39 is 6.10 Å². The van der Waals surface area contributed by atoms with Crippen molar-refractivity contribution in [1.82, 2.24) is 0 Å². The predicted octanol–water partition coefficient (Wildman–Crippen LogP) is 17.8. The highest BCUT2D eigenvalue weighted by Crippen LogP contribution is 2.15. The molecule has 1 atom stereocenters. The Hall–Kier alpha value is -1.88. The second kappa shape index (κ2) is 51.5. The lowest BCUT2D eigenvalue weighted by molar-refractivity contribution is -0.155. The van der Waals surface area contributed by atoms with E-state index in [4.69, 9.17) is 14.2 Å². The van der Waals surface area contributed by atoms with Crippen LogP contribution in [0.15, 0.2) is 36.5 Å². The summed E-state index contributed by atoms with van der Waals surface area (Å²) in [4.78, 5) is 25.2. The lowest BCUT2D eigenvalue weighted by atomic mass is 10.0. The van der Waals surface area contributed by atoms with Crippen LogP contribution in [0, 0.1) is 0 Å². The topological polar surface area (TPSA) is 61.8 Å². The zero-order chi connectivity index (χ0) is 43.5. The highest BCUT2D eigenvalue weighted by atomic mass is 16.6. The molecular formula is C55H102O5. The molecule has 0 saturated carbocycles. The zero-order valence-corrected chi connectivity index (χ0v) is 40.5. The summed E-state index contributed by atoms with van der Waals surface area (Å²) >= 11 is 0. The molecule has 0 spiro atoms. The first-order chi connectivity index (χ1) is 29.6. The molecule has 5 nitrogen and oxygen atoms in total. The number of esters is 2. The van der Waals surface area contributed by atoms with E-state index in [1.165, 1.54) is 186 Å². The van der Waals surface area contributed by atoms with Crippen LogP contribution in [0.2, 0.25) is 0 Å². The molecule has 0 saturated heterocycles. The van der Waals surface area contributed by atoms with Crippen molar-refractivity contribution in [3.05, 3.63) is 36.5 Å². The molecule has 0 rings (SSSR count). The molecule has 0 aliphatic heterocycles. The number of rotatable bonds is 49. The molecule has 0 heterocycles. The van der Waals surface area contributed by atoms with E-state index in [1.54, 1.807) is 0 Å². The summed E-state index contributed by atoms with van der Waals surface area (Å²) in [7, 11) is 0. The molecule has 60 heavy (non-hydrogen) atoms. The summed E-state index contributed by atoms with van der Waals surface area (Å²) in [6, 6.07) is 0. The van der Waals surface area contributed by atoms with Gasteiger partial charge in [0.1, 0.15) is 19.3 Å². The number of hydrogen-bond donors (Lipinski definition) is 0. The van der Waals surface area contributed by atoms with E-state index in [-0.39, 0.29) is 25.2 Å². The van der Waals surface area contributed by atoms with Gasteiger partial charge in [0.2, 0.25) is 0 Å². The van der Waals surface area contributed by atoms with Gasteiger partial charge in [0, 0.05) is 19.4 Å². The molecule has 0 aliphatic rings. The van der Waals surface area contributed by atoms with Gasteiger partial charge >= 0.3 is 11.9 Å². The van der Waals surface area contributed by atoms with E-state index in [1.807, 2.05) is 0 Å². The van der Waals surface area contributed by atoms with Crippen molar-refractivity contribution >= 4 is 11.9 Å². The molecular weight excluding hydrogens is 741 g/mol. The van der Waals surface area contributed by atoms with Crippen LogP contribution in [0.4, 0.5) is 0 Å². The van der Waals surface area contributed by atoms with E-state index in [2.05, 4.69) is 57.2 Å². The Labute approximate surface area is 374 Å². The van der Waals surface area contributed by atoms with E-state index in [0.717, 1.165) is 57.8 Å². The Morgan fingerprint density at radius 1 is 0.350 bits per heavy atom. The minimum absolute atomic E-state index is 0.154. The maximum absolute atomic E-state index is 12.6. The fourth-order valence-electron chi connectivity index (χ4n) is 7.61. The fourth-order valence-corrected chi connectivity index (χ4v) is 7.61. The summed E-state index contributed by atoms with van der Waals surface area (Å²) in [6.45, 7) is 7.69. The van der Waals surface area contributed by atoms with E-state index >= 15 is 0 Å². The highest BCUT2D eigenvalue weighted by Gasteiger charge is 2.16. The molecule has 0 aromatic carbocycles. The monoisotopic (exact) mass is 843 g/mol. The van der Waals surface area contributed by atoms with Gasteiger partial charge in [-0.25, -0.2) is 0 Å². The van der Waals surface area contributed by atoms with Gasteiger partial charge in [-0.15, -0.1) is 0 Å². The van der Waals surface area contributed by atoms with Gasteiger partial charge in [-0.1, -0.05) is 231 Å². The number of hydrogen-bond acceptors (Lipinski definition) is 5. The molecule has 352 valence electrons. The minimum atomic E-state index is -0.401. The number of carbonyl (C=O) groups is 2. The van der Waals surface area contributed by atoms with Crippen LogP contribution >= 0.6 is 0 Å². The first-order valence-corrected chi connectivity index (χ1v) is 26.5. The Kier molecular flexibility index (Phi) is 49.9. The van der Waals surface area contributed by atoms with Crippen LogP contribution < -0.4 is 0 Å². The molecule has 5 heteroatoms. The van der Waals surface area contributed by atoms with Crippen LogP contribution in [-0.2, 0) is 23.8 Å². The van der Waals surface area contributed by atoms with Crippen molar-refractivity contribution in [3.63, 3.8) is 0 Å². The molecule has 0 fully saturated rings. The van der Waals surface area contributed by atoms with Crippen LogP contribution in [0.25, 0.3) is 0 Å². The zero-order valence-electron chi connectivity index (χ0n) is 40.5. The van der Waals surface area contributed by atoms with Crippen molar-refractivity contribution in [2.45, 2.75) is 284 Å². The average Bonchev–Trinajstić information content (AvgIpc) is 3.25. The average molecular weight is 843 g/mol. The van der Waals surface area contributed by atoms with Crippen molar-refractivity contribution in [3.8, 4) is 0 Å². The first-order valence-electron chi connectivity index (χ1n) is 26.5. The molecule has 0 N–H and O–H groups in total. The fraction of sp³-hybridized carbons (Fsp3) is 0.855. The Balaban J connectivity index is 4.22. The number of ether oxygens (including phenoxy) is 3. The van der Waals surface area contributed by atoms with E-state index in [9.17, 15) is 9.59 Å². The molecule has 0 aliphatic carbocycles. The van der Waals surface area contributed by atoms with Crippen LogP contribution in [0.3, 0.4) is 0 Å². The first kappa shape index (κ1) is 58.1. The Bertz CT molecular complexity index is 955. The standard InChI is InChI=1S/C55H102O5/c1-4-7-10-13-16-19-22-24-26-28-29-31-34-37-40-43-46-49-55(57)60-52-53(51-59-54(56)48-45-42-39-36-33-21-18-15-12-9-6-3)58-50-47-44-41-38-35-32-30-27-25-23-20-17-14-11-8-5-2/h15-16,18-19,24,26,53H,4-14,17,20-23,25,27-52H2,1-3H3/b18-15-,19-16-,26-24-/t53-/m0/s1. The SMILES string of the molecule is CCCC/C=C\CCCCCCCC(=O)OC[C@@H](COC(=O)CCCCCCCCC/C=C\C/C=C\CCCCC)OCCCCCCCCCCCCCCCCCC. The summed E-state index contributed by atoms with van der Waals surface area (Å²) in [6.07, 6.45) is 61.7. The second-order valence-electron chi connectivity index (χ2n) is 17.8. The predicted molar refractivity (Wildman–Crippen MR) is 261 cm³/mol. The third kappa shape index (κ3) is 48.8. The quantitative estimate of drug-likeness (QED) is 0.0347. The van der Waals surface area contributed by atoms with Gasteiger partial charge in [-0.05, 0) is 70.6 Å². The smallest absolute Gasteiger partial charge is 0.305 e. The molecule has 0 aromatic rings. The van der Waals surface area contributed by atoms with Gasteiger partial charge in [0.15, 0.2) is 0 Å². The lowest BCUT2D eigenvalue weighted by Crippen LogP contribution is -2.29. The van der Waals surface area contributed by atoms with Crippen molar-refractivity contribution in [2.24, 2.45) is 0 Å². The lowest BCUT2D eigenvalue weighted by Gasteiger charge is -2.18. The summed E-state index contributed by atoms with van der Waals surface area (Å²) in [5.41, 5.74) is 0. The van der Waals surface area contributed by atoms with Crippen molar-refractivity contribution < 1.29 is 23.8 Å². The number of allylic oxidation sites excluding steroid dienone is 6. The molecule has 0 aromatic heterocycles. The number of carbonyl (C=O) groups excluding carboxylic acids is 2. The van der Waals surface area contributed by atoms with Crippen LogP contribution in [0.5, 0.6) is 0 Å². The van der Waals surface area contributed by atoms with Crippen molar-refractivity contribution in [2.75, 3.05) is 19.8 Å². The summed E-state index contributed by atoms with van der Waals surface area (Å²) < 4.78 is 17.4. The Morgan fingerprint density at radius 2 is 0.650 bits per heavy atom. The highest BCUT2D eigenvalue weighted by molar-refractivity contribution is 5.69. The van der Waals surface area contributed by atoms with Gasteiger partial charge in [0.25, 0.3) is 0 Å². The summed E-state index contributed by atoms with van der Waals surface area (Å²) in [5, 5.41) is 0. The molecule has 0 amide bonds. The maximum Gasteiger partial charge on any atom is 0.305 e. The van der Waals surface area contributed by atoms with Gasteiger partial charge in [-0.2, -0.15) is 0 Å². The van der Waals surface area contributed by atoms with E-state index in [0.29, 0.717) is 19.4 Å². The third-order valence-electron chi connectivity index (χ3n) is 11.7. The minimum Gasteiger partial charge on any atom is -0.463 e. The van der Waals surface area contributed by atoms with Gasteiger partial charge in [0.05, 0.1) is 0 Å². The molecule has 0 bridgehead atoms. The molecule has 0 unspecified atom stereocenters. The Morgan fingerprint density at radius 3 is 1.07 bits per heavy atom. The van der Waals surface area contributed by atoms with Crippen LogP contribution in [-0.4, -0.2) is 37.9 Å². The van der Waals surface area contributed by atoms with Crippen molar-refractivity contribution in [1.29, 1.82) is 0 Å². The van der Waals surface area contributed by atoms with Crippen LogP contribution in [0.1, 0.15) is 278 Å². The number of unbranched alkanes of at least 4 members (excludes halogenated alkanes) is 32. The normalized spacial score (nSPS) is 12.4. The maximum atomic E-state index is 12.6. The summed E-state index contributed by atoms with van der Waals surface area (Å²) in [5.74, 6) is -0.343.